The van der Waals surface area contributed by atoms with Gasteiger partial charge in [0, 0.05) is 11.1 Å². The van der Waals surface area contributed by atoms with Crippen LogP contribution in [-0.4, -0.2) is 11.4 Å². The second-order valence-corrected chi connectivity index (χ2v) is 3.48. The number of hydrogen-bond acceptors (Lipinski definition) is 2. The lowest BCUT2D eigenvalue weighted by Gasteiger charge is -2.08. The molecule has 0 amide bonds. The van der Waals surface area contributed by atoms with E-state index >= 15 is 0 Å². The van der Waals surface area contributed by atoms with Crippen molar-refractivity contribution in [2.75, 3.05) is 0 Å². The van der Waals surface area contributed by atoms with Crippen molar-refractivity contribution in [2.24, 2.45) is 0 Å². The molecule has 0 atom stereocenters. The lowest BCUT2D eigenvalue weighted by Crippen LogP contribution is -1.93. The molecule has 2 rings (SSSR count). The highest BCUT2D eigenvalue weighted by Crippen LogP contribution is 2.29. The molecule has 0 aliphatic heterocycles. The fourth-order valence-corrected chi connectivity index (χ4v) is 1.91. The van der Waals surface area contributed by atoms with Crippen LogP contribution in [0.4, 0.5) is 0 Å². The molecular formula is C13H12O2. The second kappa shape index (κ2) is 3.73. The van der Waals surface area contributed by atoms with Crippen molar-refractivity contribution >= 4 is 17.1 Å². The molecule has 0 heterocycles. The van der Waals surface area contributed by atoms with Gasteiger partial charge in [-0.25, -0.2) is 0 Å². The summed E-state index contributed by atoms with van der Waals surface area (Å²) in [6.07, 6.45) is 1.48. The number of phenolic OH excluding ortho intramolecular Hbond substituents is 1. The molecule has 0 aliphatic carbocycles. The zero-order valence-electron chi connectivity index (χ0n) is 8.53. The quantitative estimate of drug-likeness (QED) is 0.757. The molecule has 0 radical (unpaired) electrons. The Kier molecular flexibility index (Phi) is 2.42. The van der Waals surface area contributed by atoms with Crippen LogP contribution >= 0.6 is 0 Å². The van der Waals surface area contributed by atoms with Gasteiger partial charge in [-0.1, -0.05) is 31.2 Å². The standard InChI is InChI=1S/C13H12O2/c1-2-10-12(8-14)11-6-4-3-5-9(11)7-13(10)15/h3-8,15H,2H2,1H3. The molecular weight excluding hydrogens is 188 g/mol. The van der Waals surface area contributed by atoms with Crippen molar-refractivity contribution < 1.29 is 9.90 Å². The first-order valence-electron chi connectivity index (χ1n) is 4.96. The Bertz CT molecular complexity index is 515. The van der Waals surface area contributed by atoms with Crippen LogP contribution in [0.25, 0.3) is 10.8 Å². The highest BCUT2D eigenvalue weighted by molar-refractivity contribution is 6.00. The van der Waals surface area contributed by atoms with Crippen LogP contribution in [0, 0.1) is 0 Å². The van der Waals surface area contributed by atoms with Gasteiger partial charge in [0.25, 0.3) is 0 Å². The van der Waals surface area contributed by atoms with Crippen molar-refractivity contribution in [1.29, 1.82) is 0 Å². The lowest BCUT2D eigenvalue weighted by atomic mass is 9.97. The number of rotatable bonds is 2. The minimum atomic E-state index is 0.207. The van der Waals surface area contributed by atoms with Crippen molar-refractivity contribution in [3.05, 3.63) is 41.5 Å². The van der Waals surface area contributed by atoms with E-state index in [2.05, 4.69) is 0 Å². The summed E-state index contributed by atoms with van der Waals surface area (Å²) in [6.45, 7) is 1.93. The highest BCUT2D eigenvalue weighted by Gasteiger charge is 2.10. The van der Waals surface area contributed by atoms with E-state index in [0.29, 0.717) is 12.0 Å². The van der Waals surface area contributed by atoms with Crippen molar-refractivity contribution in [1.82, 2.24) is 0 Å². The monoisotopic (exact) mass is 200 g/mol. The Morgan fingerprint density at radius 2 is 2.07 bits per heavy atom. The first kappa shape index (κ1) is 9.71. The van der Waals surface area contributed by atoms with E-state index in [1.54, 1.807) is 6.07 Å². The number of carbonyl (C=O) groups is 1. The molecule has 2 nitrogen and oxygen atoms in total. The molecule has 15 heavy (non-hydrogen) atoms. The van der Waals surface area contributed by atoms with Gasteiger partial charge in [0.1, 0.15) is 5.75 Å². The fourth-order valence-electron chi connectivity index (χ4n) is 1.91. The zero-order chi connectivity index (χ0) is 10.8. The second-order valence-electron chi connectivity index (χ2n) is 3.48. The van der Waals surface area contributed by atoms with Gasteiger partial charge in [-0.2, -0.15) is 0 Å². The van der Waals surface area contributed by atoms with Crippen LogP contribution in [-0.2, 0) is 6.42 Å². The molecule has 2 aromatic rings. The lowest BCUT2D eigenvalue weighted by molar-refractivity contribution is 0.112. The van der Waals surface area contributed by atoms with Gasteiger partial charge in [-0.15, -0.1) is 0 Å². The molecule has 0 saturated carbocycles. The van der Waals surface area contributed by atoms with Crippen LogP contribution in [0.5, 0.6) is 5.75 Å². The maximum Gasteiger partial charge on any atom is 0.151 e. The number of fused-ring (bicyclic) bond motifs is 1. The van der Waals surface area contributed by atoms with Gasteiger partial charge in [0.05, 0.1) is 0 Å². The van der Waals surface area contributed by atoms with Gasteiger partial charge in [0.2, 0.25) is 0 Å². The molecule has 2 heteroatoms. The summed E-state index contributed by atoms with van der Waals surface area (Å²) in [4.78, 5) is 11.0. The summed E-state index contributed by atoms with van der Waals surface area (Å²) in [5, 5.41) is 11.6. The average molecular weight is 200 g/mol. The van der Waals surface area contributed by atoms with Crippen LogP contribution in [0.3, 0.4) is 0 Å². The zero-order valence-corrected chi connectivity index (χ0v) is 8.53. The maximum atomic E-state index is 11.0. The van der Waals surface area contributed by atoms with Crippen molar-refractivity contribution in [3.63, 3.8) is 0 Å². The highest BCUT2D eigenvalue weighted by atomic mass is 16.3. The third kappa shape index (κ3) is 1.48. The van der Waals surface area contributed by atoms with Crippen molar-refractivity contribution in [3.8, 4) is 5.75 Å². The van der Waals surface area contributed by atoms with E-state index in [-0.39, 0.29) is 5.75 Å². The Morgan fingerprint density at radius 3 is 2.73 bits per heavy atom. The third-order valence-electron chi connectivity index (χ3n) is 2.65. The molecule has 0 unspecified atom stereocenters. The van der Waals surface area contributed by atoms with E-state index in [0.717, 1.165) is 22.6 Å². The van der Waals surface area contributed by atoms with Crippen LogP contribution < -0.4 is 0 Å². The topological polar surface area (TPSA) is 37.3 Å². The Morgan fingerprint density at radius 1 is 1.33 bits per heavy atom. The number of aldehydes is 1. The normalized spacial score (nSPS) is 10.5. The molecule has 76 valence electrons. The number of hydrogen-bond donors (Lipinski definition) is 1. The number of benzene rings is 2. The first-order chi connectivity index (χ1) is 7.27. The van der Waals surface area contributed by atoms with Crippen LogP contribution in [0.15, 0.2) is 30.3 Å². The predicted octanol–water partition coefficient (Wildman–Crippen LogP) is 2.92. The largest absolute Gasteiger partial charge is 0.508 e. The summed E-state index contributed by atoms with van der Waals surface area (Å²) in [5.74, 6) is 0.207. The number of aromatic hydroxyl groups is 1. The van der Waals surface area contributed by atoms with E-state index < -0.39 is 0 Å². The van der Waals surface area contributed by atoms with E-state index in [1.807, 2.05) is 31.2 Å². The molecule has 0 saturated heterocycles. The summed E-state index contributed by atoms with van der Waals surface area (Å²) in [7, 11) is 0. The van der Waals surface area contributed by atoms with E-state index in [4.69, 9.17) is 0 Å². The summed E-state index contributed by atoms with van der Waals surface area (Å²) >= 11 is 0. The minimum absolute atomic E-state index is 0.207. The van der Waals surface area contributed by atoms with E-state index in [1.165, 1.54) is 0 Å². The van der Waals surface area contributed by atoms with Crippen molar-refractivity contribution in [2.45, 2.75) is 13.3 Å². The molecule has 2 aromatic carbocycles. The smallest absolute Gasteiger partial charge is 0.151 e. The SMILES string of the molecule is CCc1c(O)cc2ccccc2c1C=O. The summed E-state index contributed by atoms with van der Waals surface area (Å²) in [6, 6.07) is 9.29. The van der Waals surface area contributed by atoms with Gasteiger partial charge >= 0.3 is 0 Å². The predicted molar refractivity (Wildman–Crippen MR) is 60.4 cm³/mol. The number of carbonyl (C=O) groups excluding carboxylic acids is 1. The van der Waals surface area contributed by atoms with Crippen LogP contribution in [0.2, 0.25) is 0 Å². The van der Waals surface area contributed by atoms with Gasteiger partial charge in [0.15, 0.2) is 6.29 Å². The number of phenols is 1. The van der Waals surface area contributed by atoms with Gasteiger partial charge in [-0.3, -0.25) is 4.79 Å². The molecule has 1 N–H and O–H groups in total. The summed E-state index contributed by atoms with van der Waals surface area (Å²) in [5.41, 5.74) is 1.33. The first-order valence-corrected chi connectivity index (χ1v) is 4.96. The minimum Gasteiger partial charge on any atom is -0.508 e. The van der Waals surface area contributed by atoms with Gasteiger partial charge < -0.3 is 5.11 Å². The molecule has 0 spiro atoms. The van der Waals surface area contributed by atoms with E-state index in [9.17, 15) is 9.90 Å². The molecule has 0 bridgehead atoms. The Labute approximate surface area is 88.2 Å². The summed E-state index contributed by atoms with van der Waals surface area (Å²) < 4.78 is 0. The molecule has 0 aromatic heterocycles. The maximum absolute atomic E-state index is 11.0. The average Bonchev–Trinajstić information content (AvgIpc) is 2.27. The fraction of sp³-hybridized carbons (Fsp3) is 0.154. The third-order valence-corrected chi connectivity index (χ3v) is 2.65. The molecule has 0 aliphatic rings. The van der Waals surface area contributed by atoms with Crippen LogP contribution in [0.1, 0.15) is 22.8 Å². The Hall–Kier alpha value is -1.83. The Balaban J connectivity index is 2.90. The van der Waals surface area contributed by atoms with Gasteiger partial charge in [-0.05, 0) is 23.3 Å². The molecule has 0 fully saturated rings.